The number of anilines is 1. The van der Waals surface area contributed by atoms with Crippen LogP contribution in [0.15, 0.2) is 36.4 Å². The van der Waals surface area contributed by atoms with Crippen LogP contribution in [0.25, 0.3) is 0 Å². The van der Waals surface area contributed by atoms with E-state index in [1.165, 1.54) is 12.1 Å². The van der Waals surface area contributed by atoms with Crippen LogP contribution in [0, 0.1) is 13.8 Å². The van der Waals surface area contributed by atoms with Crippen molar-refractivity contribution in [3.8, 4) is 0 Å². The average Bonchev–Trinajstić information content (AvgIpc) is 2.60. The Kier molecular flexibility index (Phi) is 3.07. The van der Waals surface area contributed by atoms with E-state index >= 15 is 0 Å². The number of halogens is 3. The molecule has 1 aromatic carbocycles. The molecular formula is C13H13F3N2. The molecule has 0 unspecified atom stereocenters. The molecule has 5 heteroatoms. The van der Waals surface area contributed by atoms with Gasteiger partial charge in [0.1, 0.15) is 0 Å². The molecule has 0 bridgehead atoms. The van der Waals surface area contributed by atoms with Gasteiger partial charge < -0.3 is 0 Å². The fourth-order valence-corrected chi connectivity index (χ4v) is 1.79. The van der Waals surface area contributed by atoms with Crippen LogP contribution in [0.1, 0.15) is 17.0 Å². The Morgan fingerprint density at radius 2 is 1.50 bits per heavy atom. The predicted molar refractivity (Wildman–Crippen MR) is 64.4 cm³/mol. The molecular weight excluding hydrogens is 241 g/mol. The van der Waals surface area contributed by atoms with Crippen molar-refractivity contribution < 1.29 is 13.2 Å². The van der Waals surface area contributed by atoms with E-state index in [0.29, 0.717) is 0 Å². The first kappa shape index (κ1) is 12.5. The molecule has 0 saturated heterocycles. The molecule has 2 aromatic rings. The van der Waals surface area contributed by atoms with Crippen LogP contribution in [0.2, 0.25) is 0 Å². The van der Waals surface area contributed by atoms with Crippen molar-refractivity contribution in [1.82, 2.24) is 4.68 Å². The monoisotopic (exact) mass is 254 g/mol. The maximum Gasteiger partial charge on any atom is 0.418 e. The van der Waals surface area contributed by atoms with Gasteiger partial charge in [0.2, 0.25) is 0 Å². The number of rotatable bonds is 2. The third-order valence-electron chi connectivity index (χ3n) is 2.74. The van der Waals surface area contributed by atoms with Crippen LogP contribution >= 0.6 is 0 Å². The Hall–Kier alpha value is -1.91. The average molecular weight is 254 g/mol. The Bertz CT molecular complexity index is 536. The topological polar surface area (TPSA) is 17.0 Å². The van der Waals surface area contributed by atoms with Crippen molar-refractivity contribution in [3.05, 3.63) is 53.3 Å². The molecule has 0 aliphatic heterocycles. The predicted octanol–water partition coefficient (Wildman–Crippen LogP) is 4.00. The molecule has 0 radical (unpaired) electrons. The normalized spacial score (nSPS) is 11.6. The summed E-state index contributed by atoms with van der Waals surface area (Å²) in [6.45, 7) is 3.66. The second-order valence-corrected chi connectivity index (χ2v) is 4.11. The quantitative estimate of drug-likeness (QED) is 0.857. The molecule has 2 rings (SSSR count). The molecule has 18 heavy (non-hydrogen) atoms. The van der Waals surface area contributed by atoms with Gasteiger partial charge in [0.25, 0.3) is 0 Å². The van der Waals surface area contributed by atoms with Gasteiger partial charge in [-0.2, -0.15) is 13.2 Å². The standard InChI is InChI=1S/C13H13F3N2/c1-9-7-8-10(2)18(9)17-12-6-4-3-5-11(12)13(14,15)16/h3-8,17H,1-2H3. The summed E-state index contributed by atoms with van der Waals surface area (Å²) in [5.74, 6) is 0. The molecule has 0 saturated carbocycles. The maximum atomic E-state index is 12.8. The SMILES string of the molecule is Cc1ccc(C)n1Nc1ccccc1C(F)(F)F. The van der Waals surface area contributed by atoms with Crippen LogP contribution in [-0.2, 0) is 6.18 Å². The Morgan fingerprint density at radius 1 is 0.944 bits per heavy atom. The molecule has 0 aliphatic carbocycles. The van der Waals surface area contributed by atoms with Crippen LogP contribution in [0.3, 0.4) is 0 Å². The Labute approximate surface area is 103 Å². The van der Waals surface area contributed by atoms with E-state index in [-0.39, 0.29) is 5.69 Å². The lowest BCUT2D eigenvalue weighted by atomic mass is 10.2. The molecule has 0 aliphatic rings. The van der Waals surface area contributed by atoms with E-state index < -0.39 is 11.7 Å². The lowest BCUT2D eigenvalue weighted by Gasteiger charge is -2.17. The first-order chi connectivity index (χ1) is 8.39. The molecule has 1 N–H and O–H groups in total. The first-order valence-electron chi connectivity index (χ1n) is 5.48. The Morgan fingerprint density at radius 3 is 2.06 bits per heavy atom. The van der Waals surface area contributed by atoms with Gasteiger partial charge in [-0.05, 0) is 38.1 Å². The number of benzene rings is 1. The molecule has 2 nitrogen and oxygen atoms in total. The van der Waals surface area contributed by atoms with Gasteiger partial charge in [-0.3, -0.25) is 10.1 Å². The zero-order valence-electron chi connectivity index (χ0n) is 10.0. The van der Waals surface area contributed by atoms with Crippen molar-refractivity contribution in [2.45, 2.75) is 20.0 Å². The molecule has 0 spiro atoms. The number of alkyl halides is 3. The minimum absolute atomic E-state index is 0.0485. The van der Waals surface area contributed by atoms with E-state index in [2.05, 4.69) is 5.43 Å². The van der Waals surface area contributed by atoms with Gasteiger partial charge in [-0.1, -0.05) is 12.1 Å². The van der Waals surface area contributed by atoms with Crippen LogP contribution in [0.4, 0.5) is 18.9 Å². The van der Waals surface area contributed by atoms with E-state index in [9.17, 15) is 13.2 Å². The van der Waals surface area contributed by atoms with Gasteiger partial charge in [-0.15, -0.1) is 0 Å². The highest BCUT2D eigenvalue weighted by atomic mass is 19.4. The van der Waals surface area contributed by atoms with Crippen LogP contribution in [0.5, 0.6) is 0 Å². The molecule has 1 heterocycles. The summed E-state index contributed by atoms with van der Waals surface area (Å²) in [5, 5.41) is 0. The van der Waals surface area contributed by atoms with Gasteiger partial charge in [0.15, 0.2) is 0 Å². The van der Waals surface area contributed by atoms with Crippen LogP contribution < -0.4 is 5.43 Å². The smallest absolute Gasteiger partial charge is 0.294 e. The number of aromatic nitrogens is 1. The minimum Gasteiger partial charge on any atom is -0.294 e. The number of para-hydroxylation sites is 1. The lowest BCUT2D eigenvalue weighted by Crippen LogP contribution is -2.16. The highest BCUT2D eigenvalue weighted by Crippen LogP contribution is 2.34. The van der Waals surface area contributed by atoms with Gasteiger partial charge in [0.05, 0.1) is 11.3 Å². The summed E-state index contributed by atoms with van der Waals surface area (Å²) in [6, 6.07) is 9.13. The second-order valence-electron chi connectivity index (χ2n) is 4.11. The van der Waals surface area contributed by atoms with E-state index in [0.717, 1.165) is 17.5 Å². The summed E-state index contributed by atoms with van der Waals surface area (Å²) in [6.07, 6.45) is -4.36. The third kappa shape index (κ3) is 2.34. The van der Waals surface area contributed by atoms with Gasteiger partial charge in [0, 0.05) is 11.4 Å². The molecule has 0 amide bonds. The third-order valence-corrected chi connectivity index (χ3v) is 2.74. The van der Waals surface area contributed by atoms with Gasteiger partial charge >= 0.3 is 6.18 Å². The highest BCUT2D eigenvalue weighted by Gasteiger charge is 2.33. The molecule has 1 aromatic heterocycles. The number of nitrogens with zero attached hydrogens (tertiary/aromatic N) is 1. The van der Waals surface area contributed by atoms with Crippen molar-refractivity contribution in [2.24, 2.45) is 0 Å². The molecule has 0 atom stereocenters. The van der Waals surface area contributed by atoms with Crippen LogP contribution in [-0.4, -0.2) is 4.68 Å². The van der Waals surface area contributed by atoms with E-state index in [1.807, 2.05) is 26.0 Å². The zero-order chi connectivity index (χ0) is 13.3. The first-order valence-corrected chi connectivity index (χ1v) is 5.48. The highest BCUT2D eigenvalue weighted by molar-refractivity contribution is 5.52. The van der Waals surface area contributed by atoms with Gasteiger partial charge in [-0.25, -0.2) is 0 Å². The maximum absolute atomic E-state index is 12.8. The molecule has 96 valence electrons. The summed E-state index contributed by atoms with van der Waals surface area (Å²) < 4.78 is 40.1. The number of hydrogen-bond acceptors (Lipinski definition) is 1. The zero-order valence-corrected chi connectivity index (χ0v) is 10.0. The number of hydrogen-bond donors (Lipinski definition) is 1. The fraction of sp³-hybridized carbons (Fsp3) is 0.231. The van der Waals surface area contributed by atoms with Crippen molar-refractivity contribution in [1.29, 1.82) is 0 Å². The minimum atomic E-state index is -4.36. The number of aryl methyl sites for hydroxylation is 2. The van der Waals surface area contributed by atoms with E-state index in [1.54, 1.807) is 10.7 Å². The summed E-state index contributed by atoms with van der Waals surface area (Å²) in [7, 11) is 0. The largest absolute Gasteiger partial charge is 0.418 e. The van der Waals surface area contributed by atoms with Crippen molar-refractivity contribution >= 4 is 5.69 Å². The fourth-order valence-electron chi connectivity index (χ4n) is 1.79. The number of nitrogens with one attached hydrogen (secondary N) is 1. The van der Waals surface area contributed by atoms with E-state index in [4.69, 9.17) is 0 Å². The summed E-state index contributed by atoms with van der Waals surface area (Å²) in [5.41, 5.74) is 3.87. The van der Waals surface area contributed by atoms with Crippen molar-refractivity contribution in [3.63, 3.8) is 0 Å². The van der Waals surface area contributed by atoms with Crippen molar-refractivity contribution in [2.75, 3.05) is 5.43 Å². The summed E-state index contributed by atoms with van der Waals surface area (Å²) in [4.78, 5) is 0. The Balaban J connectivity index is 2.42. The molecule has 0 fully saturated rings. The lowest BCUT2D eigenvalue weighted by molar-refractivity contribution is -0.137. The second kappa shape index (κ2) is 4.40. The summed E-state index contributed by atoms with van der Waals surface area (Å²) >= 11 is 0.